The van der Waals surface area contributed by atoms with E-state index in [0.717, 1.165) is 28.3 Å². The summed E-state index contributed by atoms with van der Waals surface area (Å²) in [5.41, 5.74) is 24.5. The average molecular weight is 871 g/mol. The van der Waals surface area contributed by atoms with Crippen LogP contribution in [0.1, 0.15) is 49.9 Å². The molecule has 13 rings (SSSR count). The van der Waals surface area contributed by atoms with Crippen LogP contribution in [0, 0.1) is 0 Å². The summed E-state index contributed by atoms with van der Waals surface area (Å²) < 4.78 is 2.44. The summed E-state index contributed by atoms with van der Waals surface area (Å²) in [4.78, 5) is 2.49. The van der Waals surface area contributed by atoms with E-state index in [2.05, 4.69) is 268 Å². The van der Waals surface area contributed by atoms with Crippen LogP contribution in [0.4, 0.5) is 17.1 Å². The van der Waals surface area contributed by atoms with Gasteiger partial charge in [0.25, 0.3) is 0 Å². The monoisotopic (exact) mass is 870 g/mol. The number of fused-ring (bicyclic) bond motifs is 9. The fourth-order valence-corrected chi connectivity index (χ4v) is 11.8. The van der Waals surface area contributed by atoms with Gasteiger partial charge in [0.1, 0.15) is 0 Å². The van der Waals surface area contributed by atoms with Crippen LogP contribution in [0.2, 0.25) is 0 Å². The van der Waals surface area contributed by atoms with E-state index in [-0.39, 0.29) is 10.8 Å². The molecule has 0 amide bonds. The van der Waals surface area contributed by atoms with Gasteiger partial charge in [0.2, 0.25) is 0 Å². The lowest BCUT2D eigenvalue weighted by atomic mass is 9.82. The van der Waals surface area contributed by atoms with Crippen molar-refractivity contribution in [3.63, 3.8) is 0 Å². The first kappa shape index (κ1) is 40.1. The molecule has 0 bridgehead atoms. The molecular weight excluding hydrogens is 821 g/mol. The molecule has 0 atom stereocenters. The van der Waals surface area contributed by atoms with Gasteiger partial charge in [-0.2, -0.15) is 0 Å². The van der Waals surface area contributed by atoms with Gasteiger partial charge in [0, 0.05) is 49.9 Å². The zero-order valence-corrected chi connectivity index (χ0v) is 38.8. The van der Waals surface area contributed by atoms with Crippen LogP contribution in [0.25, 0.3) is 83.1 Å². The molecule has 0 spiro atoms. The highest BCUT2D eigenvalue weighted by atomic mass is 15.1. The Kier molecular flexibility index (Phi) is 8.95. The van der Waals surface area contributed by atoms with E-state index in [1.54, 1.807) is 0 Å². The highest BCUT2D eigenvalue weighted by Gasteiger charge is 2.38. The Morgan fingerprint density at radius 2 is 0.779 bits per heavy atom. The topological polar surface area (TPSA) is 8.17 Å². The van der Waals surface area contributed by atoms with Gasteiger partial charge in [-0.25, -0.2) is 0 Å². The van der Waals surface area contributed by atoms with Crippen molar-refractivity contribution in [2.45, 2.75) is 38.5 Å². The summed E-state index contributed by atoms with van der Waals surface area (Å²) in [6.07, 6.45) is 0. The standard InChI is InChI=1S/C66H50N2/c1-65(2)59-30-14-11-25-53(59)55-35-33-50(41-61(55)65)67(51-34-36-56-54-26-12-15-31-60(54)66(3,4)62(56)42-51)49-24-17-21-44(40-49)46-37-45(43-19-7-5-8-20-43)38-47(39-46)52-28-18-29-58-57-27-13-16-32-63(57)68(64(52)58)48-22-9-6-10-23-48/h5-42H,1-4H3. The largest absolute Gasteiger partial charge is 0.310 e. The third kappa shape index (κ3) is 6.10. The number of anilines is 3. The number of benzene rings is 10. The lowest BCUT2D eigenvalue weighted by Gasteiger charge is -2.30. The van der Waals surface area contributed by atoms with Crippen molar-refractivity contribution in [2.75, 3.05) is 4.90 Å². The molecule has 324 valence electrons. The van der Waals surface area contributed by atoms with Crippen molar-refractivity contribution in [1.82, 2.24) is 4.57 Å². The molecule has 0 radical (unpaired) electrons. The smallest absolute Gasteiger partial charge is 0.0619 e. The summed E-state index contributed by atoms with van der Waals surface area (Å²) in [5, 5.41) is 2.49. The van der Waals surface area contributed by atoms with Crippen molar-refractivity contribution in [3.8, 4) is 61.3 Å². The molecule has 2 heteroatoms. The predicted octanol–water partition coefficient (Wildman–Crippen LogP) is 17.9. The zero-order valence-electron chi connectivity index (χ0n) is 38.8. The van der Waals surface area contributed by atoms with Crippen LogP contribution in [-0.2, 0) is 10.8 Å². The Labute approximate surface area is 399 Å². The number of hydrogen-bond donors (Lipinski definition) is 0. The minimum atomic E-state index is -0.139. The molecule has 0 unspecified atom stereocenters. The van der Waals surface area contributed by atoms with Crippen molar-refractivity contribution >= 4 is 38.9 Å². The number of nitrogens with zero attached hydrogens (tertiary/aromatic N) is 2. The van der Waals surface area contributed by atoms with Gasteiger partial charge >= 0.3 is 0 Å². The number of para-hydroxylation sites is 3. The summed E-state index contributed by atoms with van der Waals surface area (Å²) in [6.45, 7) is 9.49. The Balaban J connectivity index is 1.01. The van der Waals surface area contributed by atoms with Gasteiger partial charge in [-0.3, -0.25) is 0 Å². The summed E-state index contributed by atoms with van der Waals surface area (Å²) in [7, 11) is 0. The molecule has 0 fully saturated rings. The first-order chi connectivity index (χ1) is 33.2. The minimum Gasteiger partial charge on any atom is -0.310 e. The normalized spacial score (nSPS) is 13.8. The maximum atomic E-state index is 2.49. The fraction of sp³-hybridized carbons (Fsp3) is 0.0909. The van der Waals surface area contributed by atoms with E-state index in [1.807, 2.05) is 0 Å². The van der Waals surface area contributed by atoms with Gasteiger partial charge < -0.3 is 9.47 Å². The SMILES string of the molecule is CC1(C)c2ccccc2-c2ccc(N(c3cccc(-c4cc(-c5ccccc5)cc(-c5cccc6c7ccccc7n(-c7ccccc7)c56)c4)c3)c3ccc4c(c3)C(C)(C)c3ccccc3-4)cc21. The van der Waals surface area contributed by atoms with Crippen LogP contribution < -0.4 is 4.90 Å². The summed E-state index contributed by atoms with van der Waals surface area (Å²) in [5.74, 6) is 0. The molecule has 1 aromatic heterocycles. The van der Waals surface area contributed by atoms with E-state index in [1.165, 1.54) is 94.1 Å². The second-order valence-electron chi connectivity index (χ2n) is 19.7. The van der Waals surface area contributed by atoms with Gasteiger partial charge in [-0.05, 0) is 145 Å². The van der Waals surface area contributed by atoms with E-state index < -0.39 is 0 Å². The number of aromatic nitrogens is 1. The van der Waals surface area contributed by atoms with E-state index in [9.17, 15) is 0 Å². The summed E-state index contributed by atoms with van der Waals surface area (Å²) >= 11 is 0. The van der Waals surface area contributed by atoms with Crippen LogP contribution in [-0.4, -0.2) is 4.57 Å². The highest BCUT2D eigenvalue weighted by Crippen LogP contribution is 2.53. The lowest BCUT2D eigenvalue weighted by molar-refractivity contribution is 0.660. The quantitative estimate of drug-likeness (QED) is 0.155. The van der Waals surface area contributed by atoms with Gasteiger partial charge in [-0.15, -0.1) is 0 Å². The van der Waals surface area contributed by atoms with Crippen molar-refractivity contribution in [2.24, 2.45) is 0 Å². The molecule has 0 saturated carbocycles. The molecule has 0 aliphatic heterocycles. The maximum Gasteiger partial charge on any atom is 0.0619 e. The van der Waals surface area contributed by atoms with Gasteiger partial charge in [0.15, 0.2) is 0 Å². The molecule has 1 heterocycles. The fourth-order valence-electron chi connectivity index (χ4n) is 11.8. The van der Waals surface area contributed by atoms with Gasteiger partial charge in [0.05, 0.1) is 11.0 Å². The third-order valence-electron chi connectivity index (χ3n) is 15.1. The lowest BCUT2D eigenvalue weighted by Crippen LogP contribution is -2.18. The van der Waals surface area contributed by atoms with Crippen LogP contribution in [0.3, 0.4) is 0 Å². The van der Waals surface area contributed by atoms with Crippen LogP contribution in [0.5, 0.6) is 0 Å². The second kappa shape index (κ2) is 15.2. The Hall–Kier alpha value is -8.20. The highest BCUT2D eigenvalue weighted by molar-refractivity contribution is 6.14. The molecule has 10 aromatic carbocycles. The molecule has 0 saturated heterocycles. The molecule has 0 N–H and O–H groups in total. The Morgan fingerprint density at radius 3 is 1.44 bits per heavy atom. The molecule has 2 nitrogen and oxygen atoms in total. The molecule has 11 aromatic rings. The van der Waals surface area contributed by atoms with E-state index in [0.29, 0.717) is 0 Å². The average Bonchev–Trinajstić information content (AvgIpc) is 3.94. The number of hydrogen-bond acceptors (Lipinski definition) is 1. The third-order valence-corrected chi connectivity index (χ3v) is 15.1. The first-order valence-corrected chi connectivity index (χ1v) is 23.9. The van der Waals surface area contributed by atoms with E-state index >= 15 is 0 Å². The van der Waals surface area contributed by atoms with Crippen molar-refractivity contribution < 1.29 is 0 Å². The summed E-state index contributed by atoms with van der Waals surface area (Å²) in [6, 6.07) is 85.7. The van der Waals surface area contributed by atoms with Gasteiger partial charge in [-0.1, -0.05) is 185 Å². The molecular formula is C66H50N2. The van der Waals surface area contributed by atoms with Crippen LogP contribution >= 0.6 is 0 Å². The second-order valence-corrected chi connectivity index (χ2v) is 19.7. The zero-order chi connectivity index (χ0) is 45.7. The number of rotatable bonds is 7. The van der Waals surface area contributed by atoms with Crippen LogP contribution in [0.15, 0.2) is 231 Å². The van der Waals surface area contributed by atoms with Crippen molar-refractivity contribution in [3.05, 3.63) is 253 Å². The molecule has 68 heavy (non-hydrogen) atoms. The maximum absolute atomic E-state index is 2.49. The molecule has 2 aliphatic rings. The minimum absolute atomic E-state index is 0.139. The van der Waals surface area contributed by atoms with E-state index in [4.69, 9.17) is 0 Å². The molecule has 2 aliphatic carbocycles. The first-order valence-electron chi connectivity index (χ1n) is 23.9. The predicted molar refractivity (Wildman–Crippen MR) is 287 cm³/mol. The van der Waals surface area contributed by atoms with Crippen molar-refractivity contribution in [1.29, 1.82) is 0 Å². The Morgan fingerprint density at radius 1 is 0.309 bits per heavy atom. The Bertz CT molecular complexity index is 3690.